The Hall–Kier alpha value is -2.66. The van der Waals surface area contributed by atoms with Gasteiger partial charge in [0, 0.05) is 12.8 Å². The lowest BCUT2D eigenvalue weighted by Gasteiger charge is -2.14. The molecule has 2 aromatic carbocycles. The maximum absolute atomic E-state index is 12.3. The lowest BCUT2D eigenvalue weighted by molar-refractivity contribution is -0.123. The highest BCUT2D eigenvalue weighted by atomic mass is 16.5. The molecule has 0 bridgehead atoms. The molecule has 0 fully saturated rings. The molecular weight excluding hydrogens is 330 g/mol. The lowest BCUT2D eigenvalue weighted by atomic mass is 10.1. The second kappa shape index (κ2) is 8.15. The van der Waals surface area contributed by atoms with E-state index in [-0.39, 0.29) is 5.91 Å². The predicted octanol–water partition coefficient (Wildman–Crippen LogP) is 3.51. The van der Waals surface area contributed by atoms with Gasteiger partial charge >= 0.3 is 5.97 Å². The number of methoxy groups -OCH3 is 1. The van der Waals surface area contributed by atoms with Gasteiger partial charge in [0.25, 0.3) is 5.91 Å². The molecular formula is C21H23NO4. The topological polar surface area (TPSA) is 64.6 Å². The molecule has 1 aliphatic carbocycles. The maximum Gasteiger partial charge on any atom is 0.338 e. The summed E-state index contributed by atoms with van der Waals surface area (Å²) < 4.78 is 10.4. The van der Waals surface area contributed by atoms with Crippen LogP contribution in [0.25, 0.3) is 0 Å². The largest absolute Gasteiger partial charge is 0.449 e. The lowest BCUT2D eigenvalue weighted by Crippen LogP contribution is -2.30. The summed E-state index contributed by atoms with van der Waals surface area (Å²) in [7, 11) is 1.59. The number of amides is 1. The molecule has 3 rings (SSSR count). The molecule has 26 heavy (non-hydrogen) atoms. The number of carbonyl (C=O) groups is 2. The van der Waals surface area contributed by atoms with Gasteiger partial charge in [-0.3, -0.25) is 4.79 Å². The molecule has 0 aromatic heterocycles. The summed E-state index contributed by atoms with van der Waals surface area (Å²) in [5, 5.41) is 2.82. The fourth-order valence-electron chi connectivity index (χ4n) is 3.13. The number of carbonyl (C=O) groups excluding carboxylic acids is 2. The van der Waals surface area contributed by atoms with Crippen molar-refractivity contribution >= 4 is 17.6 Å². The van der Waals surface area contributed by atoms with Crippen LogP contribution in [-0.4, -0.2) is 25.1 Å². The third-order valence-corrected chi connectivity index (χ3v) is 4.49. The van der Waals surface area contributed by atoms with Gasteiger partial charge < -0.3 is 14.8 Å². The Labute approximate surface area is 153 Å². The van der Waals surface area contributed by atoms with Crippen molar-refractivity contribution in [2.75, 3.05) is 12.4 Å². The number of esters is 1. The first-order valence-electron chi connectivity index (χ1n) is 8.78. The molecule has 0 unspecified atom stereocenters. The first-order chi connectivity index (χ1) is 12.6. The molecule has 1 N–H and O–H groups in total. The Bertz CT molecular complexity index is 815. The number of ether oxygens (including phenoxy) is 2. The van der Waals surface area contributed by atoms with Crippen LogP contribution in [0.5, 0.6) is 0 Å². The molecule has 0 radical (unpaired) electrons. The Balaban J connectivity index is 1.60. The van der Waals surface area contributed by atoms with Crippen LogP contribution in [0.15, 0.2) is 42.5 Å². The summed E-state index contributed by atoms with van der Waals surface area (Å²) >= 11 is 0. The van der Waals surface area contributed by atoms with Crippen LogP contribution in [-0.2, 0) is 33.7 Å². The van der Waals surface area contributed by atoms with Crippen LogP contribution in [0, 0.1) is 0 Å². The Morgan fingerprint density at radius 1 is 1.12 bits per heavy atom. The van der Waals surface area contributed by atoms with Crippen molar-refractivity contribution < 1.29 is 19.1 Å². The standard InChI is InChI=1S/C21H23NO4/c1-14(26-21(24)18-8-3-5-15(11-18)13-25-2)20(23)22-19-10-9-16-6-4-7-17(16)12-19/h3,5,8-12,14H,4,6-7,13H2,1-2H3,(H,22,23)/t14-/m1/s1. The summed E-state index contributed by atoms with van der Waals surface area (Å²) in [6.45, 7) is 1.98. The quantitative estimate of drug-likeness (QED) is 0.807. The molecule has 136 valence electrons. The summed E-state index contributed by atoms with van der Waals surface area (Å²) in [4.78, 5) is 24.6. The maximum atomic E-state index is 12.3. The van der Waals surface area contributed by atoms with E-state index in [4.69, 9.17) is 9.47 Å². The van der Waals surface area contributed by atoms with Gasteiger partial charge in [0.2, 0.25) is 0 Å². The zero-order valence-corrected chi connectivity index (χ0v) is 15.1. The van der Waals surface area contributed by atoms with Crippen molar-refractivity contribution in [2.24, 2.45) is 0 Å². The van der Waals surface area contributed by atoms with E-state index in [9.17, 15) is 9.59 Å². The van der Waals surface area contributed by atoms with Gasteiger partial charge in [-0.2, -0.15) is 0 Å². The second-order valence-corrected chi connectivity index (χ2v) is 6.51. The average Bonchev–Trinajstić information content (AvgIpc) is 3.10. The number of aryl methyl sites for hydroxylation is 2. The number of benzene rings is 2. The van der Waals surface area contributed by atoms with E-state index >= 15 is 0 Å². The number of rotatable bonds is 6. The normalized spacial score (nSPS) is 13.8. The minimum atomic E-state index is -0.887. The molecule has 2 aromatic rings. The van der Waals surface area contributed by atoms with Crippen molar-refractivity contribution in [2.45, 2.75) is 38.9 Å². The smallest absolute Gasteiger partial charge is 0.338 e. The van der Waals surface area contributed by atoms with E-state index in [1.807, 2.05) is 18.2 Å². The van der Waals surface area contributed by atoms with E-state index in [1.54, 1.807) is 32.2 Å². The summed E-state index contributed by atoms with van der Waals surface area (Å²) in [5.41, 5.74) is 4.63. The van der Waals surface area contributed by atoms with Crippen LogP contribution < -0.4 is 5.32 Å². The van der Waals surface area contributed by atoms with Crippen molar-refractivity contribution in [1.82, 2.24) is 0 Å². The summed E-state index contributed by atoms with van der Waals surface area (Å²) in [6.07, 6.45) is 2.41. The van der Waals surface area contributed by atoms with E-state index in [2.05, 4.69) is 11.4 Å². The Kier molecular flexibility index (Phi) is 5.68. The van der Waals surface area contributed by atoms with Gasteiger partial charge in [-0.05, 0) is 67.1 Å². The van der Waals surface area contributed by atoms with Crippen molar-refractivity contribution in [3.63, 3.8) is 0 Å². The van der Waals surface area contributed by atoms with Crippen LogP contribution >= 0.6 is 0 Å². The van der Waals surface area contributed by atoms with Gasteiger partial charge in [-0.25, -0.2) is 4.79 Å². The highest BCUT2D eigenvalue weighted by Crippen LogP contribution is 2.25. The number of nitrogens with one attached hydrogen (secondary N) is 1. The Morgan fingerprint density at radius 2 is 1.92 bits per heavy atom. The van der Waals surface area contributed by atoms with Crippen molar-refractivity contribution in [3.8, 4) is 0 Å². The molecule has 5 nitrogen and oxygen atoms in total. The van der Waals surface area contributed by atoms with Gasteiger partial charge in [0.05, 0.1) is 12.2 Å². The third-order valence-electron chi connectivity index (χ3n) is 4.49. The number of hydrogen-bond donors (Lipinski definition) is 1. The predicted molar refractivity (Wildman–Crippen MR) is 99.1 cm³/mol. The fourth-order valence-corrected chi connectivity index (χ4v) is 3.13. The minimum absolute atomic E-state index is 0.343. The number of anilines is 1. The monoisotopic (exact) mass is 353 g/mol. The molecule has 0 heterocycles. The Morgan fingerprint density at radius 3 is 2.73 bits per heavy atom. The second-order valence-electron chi connectivity index (χ2n) is 6.51. The van der Waals surface area contributed by atoms with Gasteiger partial charge in [-0.1, -0.05) is 18.2 Å². The fraction of sp³-hybridized carbons (Fsp3) is 0.333. The summed E-state index contributed by atoms with van der Waals surface area (Å²) in [5.74, 6) is -0.871. The molecule has 0 saturated carbocycles. The van der Waals surface area contributed by atoms with E-state index in [1.165, 1.54) is 11.1 Å². The molecule has 1 aliphatic rings. The van der Waals surface area contributed by atoms with Crippen LogP contribution in [0.4, 0.5) is 5.69 Å². The minimum Gasteiger partial charge on any atom is -0.449 e. The molecule has 0 spiro atoms. The van der Waals surface area contributed by atoms with Crippen molar-refractivity contribution in [1.29, 1.82) is 0 Å². The van der Waals surface area contributed by atoms with Crippen molar-refractivity contribution in [3.05, 3.63) is 64.7 Å². The summed E-state index contributed by atoms with van der Waals surface area (Å²) in [6, 6.07) is 12.9. The van der Waals surface area contributed by atoms with Crippen LogP contribution in [0.1, 0.15) is 40.4 Å². The van der Waals surface area contributed by atoms with Gasteiger partial charge in [0.1, 0.15) is 0 Å². The van der Waals surface area contributed by atoms with E-state index < -0.39 is 12.1 Å². The zero-order valence-electron chi connectivity index (χ0n) is 15.1. The third kappa shape index (κ3) is 4.29. The average molecular weight is 353 g/mol. The SMILES string of the molecule is COCc1cccc(C(=O)O[C@H](C)C(=O)Nc2ccc3c(c2)CCC3)c1. The van der Waals surface area contributed by atoms with Crippen LogP contribution in [0.3, 0.4) is 0 Å². The van der Waals surface area contributed by atoms with E-state index in [0.717, 1.165) is 30.5 Å². The first kappa shape index (κ1) is 18.1. The van der Waals surface area contributed by atoms with E-state index in [0.29, 0.717) is 12.2 Å². The highest BCUT2D eigenvalue weighted by Gasteiger charge is 2.20. The highest BCUT2D eigenvalue weighted by molar-refractivity contribution is 5.97. The molecule has 0 saturated heterocycles. The van der Waals surface area contributed by atoms with Gasteiger partial charge in [0.15, 0.2) is 6.10 Å². The molecule has 1 atom stereocenters. The van der Waals surface area contributed by atoms with Gasteiger partial charge in [-0.15, -0.1) is 0 Å². The van der Waals surface area contributed by atoms with Crippen LogP contribution in [0.2, 0.25) is 0 Å². The zero-order chi connectivity index (χ0) is 18.5. The first-order valence-corrected chi connectivity index (χ1v) is 8.78. The molecule has 5 heteroatoms. The number of fused-ring (bicyclic) bond motifs is 1. The molecule has 1 amide bonds. The number of hydrogen-bond acceptors (Lipinski definition) is 4. The molecule has 0 aliphatic heterocycles.